The lowest BCUT2D eigenvalue weighted by Crippen LogP contribution is -2.35. The maximum absolute atomic E-state index is 12.8. The molecular formula is C19H16ClN3O3. The second-order valence-corrected chi connectivity index (χ2v) is 6.01. The van der Waals surface area contributed by atoms with E-state index < -0.39 is 17.7 Å². The van der Waals surface area contributed by atoms with Crippen molar-refractivity contribution in [2.24, 2.45) is 0 Å². The highest BCUT2D eigenvalue weighted by molar-refractivity contribution is 6.32. The minimum absolute atomic E-state index is 0.168. The maximum atomic E-state index is 12.8. The number of nitrogens with zero attached hydrogens (tertiary/aromatic N) is 2. The Morgan fingerprint density at radius 3 is 2.81 bits per heavy atom. The summed E-state index contributed by atoms with van der Waals surface area (Å²) in [4.78, 5) is 29.5. The molecule has 2 heterocycles. The minimum Gasteiger partial charge on any atom is -0.496 e. The van der Waals surface area contributed by atoms with E-state index in [4.69, 9.17) is 16.3 Å². The number of hydrazine groups is 1. The third-order valence-corrected chi connectivity index (χ3v) is 4.25. The van der Waals surface area contributed by atoms with E-state index in [1.54, 1.807) is 37.4 Å². The molecule has 2 aromatic rings. The van der Waals surface area contributed by atoms with Crippen molar-refractivity contribution in [3.05, 3.63) is 58.4 Å². The number of halogens is 1. The number of pyridine rings is 1. The molecule has 2 amide bonds. The summed E-state index contributed by atoms with van der Waals surface area (Å²) in [5, 5.41) is 1.50. The molecule has 0 saturated carbocycles. The van der Waals surface area contributed by atoms with Gasteiger partial charge in [0.05, 0.1) is 24.4 Å². The summed E-state index contributed by atoms with van der Waals surface area (Å²) >= 11 is 6.36. The van der Waals surface area contributed by atoms with E-state index in [0.717, 1.165) is 0 Å². The van der Waals surface area contributed by atoms with Gasteiger partial charge in [0, 0.05) is 17.3 Å². The average Bonchev–Trinajstić information content (AvgIpc) is 2.89. The van der Waals surface area contributed by atoms with Gasteiger partial charge in [-0.15, -0.1) is 5.92 Å². The van der Waals surface area contributed by atoms with Crippen molar-refractivity contribution in [1.82, 2.24) is 15.4 Å². The van der Waals surface area contributed by atoms with Crippen LogP contribution in [0.5, 0.6) is 5.75 Å². The van der Waals surface area contributed by atoms with E-state index in [0.29, 0.717) is 22.6 Å². The van der Waals surface area contributed by atoms with Crippen LogP contribution in [0.25, 0.3) is 0 Å². The summed E-state index contributed by atoms with van der Waals surface area (Å²) in [5.74, 6) is 4.07. The van der Waals surface area contributed by atoms with Crippen LogP contribution in [0, 0.1) is 11.8 Å². The molecule has 26 heavy (non-hydrogen) atoms. The van der Waals surface area contributed by atoms with Crippen LogP contribution in [0.15, 0.2) is 36.5 Å². The van der Waals surface area contributed by atoms with Crippen molar-refractivity contribution in [3.8, 4) is 17.6 Å². The molecule has 6 nitrogen and oxygen atoms in total. The monoisotopic (exact) mass is 369 g/mol. The zero-order valence-corrected chi connectivity index (χ0v) is 15.0. The van der Waals surface area contributed by atoms with Crippen LogP contribution in [0.2, 0.25) is 5.02 Å². The molecule has 1 aromatic heterocycles. The highest BCUT2D eigenvalue weighted by Gasteiger charge is 2.43. The van der Waals surface area contributed by atoms with E-state index in [9.17, 15) is 9.59 Å². The SMILES string of the molecule is CC#Cc1cc(Cl)c(C2C(=O)NN(Cc3ccccn3)C2=O)c(OC)c1. The third-order valence-electron chi connectivity index (χ3n) is 3.94. The number of hydrogen-bond donors (Lipinski definition) is 1. The number of aromatic nitrogens is 1. The number of methoxy groups -OCH3 is 1. The van der Waals surface area contributed by atoms with Crippen LogP contribution >= 0.6 is 11.6 Å². The molecule has 0 bridgehead atoms. The van der Waals surface area contributed by atoms with Gasteiger partial charge in [0.1, 0.15) is 5.75 Å². The zero-order valence-electron chi connectivity index (χ0n) is 14.2. The molecule has 0 spiro atoms. The molecule has 1 saturated heterocycles. The molecule has 1 N–H and O–H groups in total. The van der Waals surface area contributed by atoms with Gasteiger partial charge in [-0.3, -0.25) is 20.0 Å². The number of amides is 2. The molecule has 1 unspecified atom stereocenters. The Labute approximate surface area is 156 Å². The number of nitrogens with one attached hydrogen (secondary N) is 1. The molecule has 3 rings (SSSR count). The molecule has 1 aliphatic rings. The third kappa shape index (κ3) is 3.35. The fourth-order valence-electron chi connectivity index (χ4n) is 2.80. The lowest BCUT2D eigenvalue weighted by Gasteiger charge is -2.16. The van der Waals surface area contributed by atoms with Gasteiger partial charge in [-0.05, 0) is 31.2 Å². The van der Waals surface area contributed by atoms with Gasteiger partial charge in [-0.25, -0.2) is 5.01 Å². The second kappa shape index (κ2) is 7.46. The van der Waals surface area contributed by atoms with Gasteiger partial charge in [-0.1, -0.05) is 23.6 Å². The summed E-state index contributed by atoms with van der Waals surface area (Å²) in [6.07, 6.45) is 1.63. The molecule has 0 radical (unpaired) electrons. The van der Waals surface area contributed by atoms with Crippen molar-refractivity contribution < 1.29 is 14.3 Å². The molecule has 0 aliphatic carbocycles. The van der Waals surface area contributed by atoms with Gasteiger partial charge in [-0.2, -0.15) is 0 Å². The Morgan fingerprint density at radius 1 is 1.35 bits per heavy atom. The van der Waals surface area contributed by atoms with Crippen molar-refractivity contribution in [3.63, 3.8) is 0 Å². The van der Waals surface area contributed by atoms with E-state index in [2.05, 4.69) is 22.3 Å². The van der Waals surface area contributed by atoms with Crippen LogP contribution < -0.4 is 10.2 Å². The van der Waals surface area contributed by atoms with E-state index in [-0.39, 0.29) is 11.6 Å². The fourth-order valence-corrected chi connectivity index (χ4v) is 3.12. The largest absolute Gasteiger partial charge is 0.496 e. The molecule has 132 valence electrons. The number of rotatable bonds is 4. The highest BCUT2D eigenvalue weighted by Crippen LogP contribution is 2.37. The average molecular weight is 370 g/mol. The van der Waals surface area contributed by atoms with Crippen LogP contribution in [0.1, 0.15) is 29.7 Å². The van der Waals surface area contributed by atoms with Crippen molar-refractivity contribution in [2.45, 2.75) is 19.4 Å². The molecule has 7 heteroatoms. The zero-order chi connectivity index (χ0) is 18.7. The smallest absolute Gasteiger partial charge is 0.258 e. The summed E-state index contributed by atoms with van der Waals surface area (Å²) in [5.41, 5.74) is 4.22. The highest BCUT2D eigenvalue weighted by atomic mass is 35.5. The summed E-state index contributed by atoms with van der Waals surface area (Å²) in [6, 6.07) is 8.66. The van der Waals surface area contributed by atoms with Crippen LogP contribution in [-0.2, 0) is 16.1 Å². The topological polar surface area (TPSA) is 71.5 Å². The molecule has 1 aromatic carbocycles. The lowest BCUT2D eigenvalue weighted by atomic mass is 9.96. The van der Waals surface area contributed by atoms with Crippen molar-refractivity contribution in [1.29, 1.82) is 0 Å². The standard InChI is InChI=1S/C19H16ClN3O3/c1-3-6-12-9-14(20)16(15(10-12)26-2)17-18(24)22-23(19(17)25)11-13-7-4-5-8-21-13/h4-5,7-10,17H,11H2,1-2H3,(H,22,24). The van der Waals surface area contributed by atoms with Crippen LogP contribution in [-0.4, -0.2) is 28.9 Å². The first kappa shape index (κ1) is 17.8. The summed E-state index contributed by atoms with van der Waals surface area (Å²) in [7, 11) is 1.46. The van der Waals surface area contributed by atoms with E-state index in [1.807, 2.05) is 6.07 Å². The van der Waals surface area contributed by atoms with E-state index in [1.165, 1.54) is 12.1 Å². The normalized spacial score (nSPS) is 16.1. The van der Waals surface area contributed by atoms with E-state index >= 15 is 0 Å². The Hall–Kier alpha value is -3.04. The predicted octanol–water partition coefficient (Wildman–Crippen LogP) is 2.27. The Kier molecular flexibility index (Phi) is 5.10. The van der Waals surface area contributed by atoms with Gasteiger partial charge < -0.3 is 4.74 Å². The van der Waals surface area contributed by atoms with Gasteiger partial charge in [0.25, 0.3) is 11.8 Å². The number of hydrogen-bond acceptors (Lipinski definition) is 4. The Balaban J connectivity index is 1.95. The van der Waals surface area contributed by atoms with Crippen molar-refractivity contribution in [2.75, 3.05) is 7.11 Å². The van der Waals surface area contributed by atoms with Crippen molar-refractivity contribution >= 4 is 23.4 Å². The van der Waals surface area contributed by atoms with Gasteiger partial charge >= 0.3 is 0 Å². The second-order valence-electron chi connectivity index (χ2n) is 5.60. The first-order valence-electron chi connectivity index (χ1n) is 7.87. The molecule has 1 aliphatic heterocycles. The molecule has 1 atom stereocenters. The number of ether oxygens (including phenoxy) is 1. The Morgan fingerprint density at radius 2 is 2.15 bits per heavy atom. The van der Waals surface area contributed by atoms with Crippen LogP contribution in [0.4, 0.5) is 0 Å². The number of carbonyl (C=O) groups is 2. The first-order valence-corrected chi connectivity index (χ1v) is 8.25. The predicted molar refractivity (Wildman–Crippen MR) is 96.2 cm³/mol. The summed E-state index contributed by atoms with van der Waals surface area (Å²) < 4.78 is 5.36. The molecular weight excluding hydrogens is 354 g/mol. The fraction of sp³-hybridized carbons (Fsp3) is 0.211. The lowest BCUT2D eigenvalue weighted by molar-refractivity contribution is -0.131. The number of carbonyl (C=O) groups excluding carboxylic acids is 2. The maximum Gasteiger partial charge on any atom is 0.258 e. The first-order chi connectivity index (χ1) is 12.5. The Bertz CT molecular complexity index is 919. The van der Waals surface area contributed by atoms with Gasteiger partial charge in [0.2, 0.25) is 0 Å². The molecule has 1 fully saturated rings. The van der Waals surface area contributed by atoms with Crippen LogP contribution in [0.3, 0.4) is 0 Å². The van der Waals surface area contributed by atoms with Gasteiger partial charge in [0.15, 0.2) is 5.92 Å². The quantitative estimate of drug-likeness (QED) is 0.663. The number of benzene rings is 1. The minimum atomic E-state index is -1.08. The summed E-state index contributed by atoms with van der Waals surface area (Å²) in [6.45, 7) is 1.87.